The van der Waals surface area contributed by atoms with Crippen molar-refractivity contribution in [3.8, 4) is 11.5 Å². The molecule has 1 aliphatic rings. The van der Waals surface area contributed by atoms with Gasteiger partial charge in [-0.1, -0.05) is 47.6 Å². The van der Waals surface area contributed by atoms with Gasteiger partial charge in [0.2, 0.25) is 0 Å². The molecule has 1 aromatic carbocycles. The molecule has 0 bridgehead atoms. The van der Waals surface area contributed by atoms with Crippen LogP contribution in [-0.4, -0.2) is 0 Å². The van der Waals surface area contributed by atoms with Gasteiger partial charge in [0.05, 0.1) is 0 Å². The number of benzene rings is 1. The van der Waals surface area contributed by atoms with E-state index in [0.29, 0.717) is 0 Å². The number of hydrogen-bond acceptors (Lipinski definition) is 1. The predicted octanol–water partition coefficient (Wildman–Crippen LogP) is 4.39. The van der Waals surface area contributed by atoms with Crippen LogP contribution < -0.4 is 4.74 Å². The number of ether oxygens (including phenoxy) is 1. The molecule has 2 rings (SSSR count). The molecule has 0 spiro atoms. The van der Waals surface area contributed by atoms with Crippen LogP contribution >= 0.6 is 0 Å². The second kappa shape index (κ2) is 2.78. The number of rotatable bonds is 0. The molecule has 0 amide bonds. The fourth-order valence-corrected chi connectivity index (χ4v) is 2.10. The van der Waals surface area contributed by atoms with Crippen molar-refractivity contribution in [3.63, 3.8) is 0 Å². The highest BCUT2D eigenvalue weighted by Crippen LogP contribution is 2.54. The van der Waals surface area contributed by atoms with Gasteiger partial charge in [-0.15, -0.1) is 0 Å². The summed E-state index contributed by atoms with van der Waals surface area (Å²) in [5.41, 5.74) is 3.13. The molecule has 1 aromatic rings. The van der Waals surface area contributed by atoms with Gasteiger partial charge in [0.1, 0.15) is 0 Å². The second-order valence-corrected chi connectivity index (χ2v) is 6.42. The summed E-state index contributed by atoms with van der Waals surface area (Å²) in [4.78, 5) is 0. The number of fused-ring (bicyclic) bond motifs is 1. The van der Waals surface area contributed by atoms with Crippen molar-refractivity contribution < 1.29 is 4.74 Å². The van der Waals surface area contributed by atoms with Gasteiger partial charge in [0.25, 0.3) is 0 Å². The van der Waals surface area contributed by atoms with E-state index in [1.807, 2.05) is 0 Å². The third-order valence-electron chi connectivity index (χ3n) is 2.85. The molecule has 1 nitrogen and oxygen atoms in total. The van der Waals surface area contributed by atoms with Crippen LogP contribution in [0, 0.1) is 0 Å². The maximum Gasteiger partial charge on any atom is 0.174 e. The quantitative estimate of drug-likeness (QED) is 0.580. The third kappa shape index (κ3) is 1.75. The van der Waals surface area contributed by atoms with E-state index in [9.17, 15) is 0 Å². The molecule has 0 N–H and O–H groups in total. The van der Waals surface area contributed by atoms with Gasteiger partial charge >= 0.3 is 0 Å². The van der Waals surface area contributed by atoms with Gasteiger partial charge < -0.3 is 4.74 Å². The zero-order valence-corrected chi connectivity index (χ0v) is 10.6. The summed E-state index contributed by atoms with van der Waals surface area (Å²) in [7, 11) is 0. The fraction of sp³-hybridized carbons (Fsp3) is 0.571. The van der Waals surface area contributed by atoms with E-state index < -0.39 is 0 Å². The zero-order chi connectivity index (χ0) is 11.4. The first-order chi connectivity index (χ1) is 6.71. The smallest absolute Gasteiger partial charge is 0.174 e. The summed E-state index contributed by atoms with van der Waals surface area (Å²) in [5.74, 6) is 2.18. The standard InChI is InChI=1S/C14H20O/c1-13(2,3)9-7-8-10-12(15-10)11(9)14(4,5)6/h7-8H,1-6H3. The Kier molecular flexibility index (Phi) is 1.95. The maximum absolute atomic E-state index is 5.53. The molecule has 0 saturated carbocycles. The van der Waals surface area contributed by atoms with Crippen LogP contribution in [0.3, 0.4) is 0 Å². The zero-order valence-electron chi connectivity index (χ0n) is 10.6. The maximum atomic E-state index is 5.53. The molecule has 0 saturated heterocycles. The van der Waals surface area contributed by atoms with Crippen LogP contribution in [0.1, 0.15) is 52.7 Å². The first-order valence-electron chi connectivity index (χ1n) is 5.57. The molecule has 1 aliphatic heterocycles. The molecule has 82 valence electrons. The molecule has 0 radical (unpaired) electrons. The summed E-state index contributed by atoms with van der Waals surface area (Å²) >= 11 is 0. The Hall–Kier alpha value is -0.980. The highest BCUT2D eigenvalue weighted by Gasteiger charge is 2.36. The first kappa shape index (κ1) is 10.5. The Morgan fingerprint density at radius 2 is 1.47 bits per heavy atom. The van der Waals surface area contributed by atoms with Gasteiger partial charge in [0.15, 0.2) is 11.5 Å². The SMILES string of the molecule is CC(C)(C)c1ccc2c(c1C(C)(C)C)O2. The van der Waals surface area contributed by atoms with Crippen molar-refractivity contribution in [1.29, 1.82) is 0 Å². The van der Waals surface area contributed by atoms with Crippen LogP contribution in [0.25, 0.3) is 0 Å². The lowest BCUT2D eigenvalue weighted by Gasteiger charge is -2.28. The first-order valence-corrected chi connectivity index (χ1v) is 5.57. The van der Waals surface area contributed by atoms with Gasteiger partial charge in [-0.05, 0) is 22.5 Å². The minimum atomic E-state index is 0.157. The van der Waals surface area contributed by atoms with Gasteiger partial charge in [0, 0.05) is 5.56 Å². The Balaban J connectivity index is 2.63. The van der Waals surface area contributed by atoms with E-state index in [0.717, 1.165) is 11.5 Å². The largest absolute Gasteiger partial charge is 0.449 e. The minimum Gasteiger partial charge on any atom is -0.449 e. The van der Waals surface area contributed by atoms with E-state index >= 15 is 0 Å². The van der Waals surface area contributed by atoms with Crippen LogP contribution in [-0.2, 0) is 10.8 Å². The fourth-order valence-electron chi connectivity index (χ4n) is 2.10. The highest BCUT2D eigenvalue weighted by atomic mass is 16.6. The lowest BCUT2D eigenvalue weighted by atomic mass is 9.75. The molecule has 1 heterocycles. The summed E-state index contributed by atoms with van der Waals surface area (Å²) in [6, 6.07) is 4.30. The van der Waals surface area contributed by atoms with Crippen LogP contribution in [0.15, 0.2) is 12.1 Å². The molecular formula is C14H20O. The summed E-state index contributed by atoms with van der Waals surface area (Å²) in [6.07, 6.45) is 0. The monoisotopic (exact) mass is 204 g/mol. The van der Waals surface area contributed by atoms with Crippen molar-refractivity contribution >= 4 is 0 Å². The van der Waals surface area contributed by atoms with E-state index in [-0.39, 0.29) is 10.8 Å². The lowest BCUT2D eigenvalue weighted by molar-refractivity contribution is 0.520. The average molecular weight is 204 g/mol. The normalized spacial score (nSPS) is 14.5. The highest BCUT2D eigenvalue weighted by molar-refractivity contribution is 5.65. The summed E-state index contributed by atoms with van der Waals surface area (Å²) < 4.78 is 5.53. The van der Waals surface area contributed by atoms with Crippen molar-refractivity contribution in [1.82, 2.24) is 0 Å². The van der Waals surface area contributed by atoms with Crippen molar-refractivity contribution in [3.05, 3.63) is 23.3 Å². The Morgan fingerprint density at radius 1 is 0.867 bits per heavy atom. The van der Waals surface area contributed by atoms with E-state index in [1.54, 1.807) is 0 Å². The van der Waals surface area contributed by atoms with E-state index in [2.05, 4.69) is 53.7 Å². The predicted molar refractivity (Wildman–Crippen MR) is 63.9 cm³/mol. The van der Waals surface area contributed by atoms with Gasteiger partial charge in [-0.3, -0.25) is 0 Å². The molecule has 0 aliphatic carbocycles. The molecule has 0 unspecified atom stereocenters. The van der Waals surface area contributed by atoms with E-state index in [4.69, 9.17) is 4.74 Å². The topological polar surface area (TPSA) is 12.5 Å². The van der Waals surface area contributed by atoms with Gasteiger partial charge in [-0.2, -0.15) is 0 Å². The average Bonchev–Trinajstić information content (AvgIpc) is 2.75. The van der Waals surface area contributed by atoms with Crippen molar-refractivity contribution in [2.45, 2.75) is 52.4 Å². The number of hydrogen-bond donors (Lipinski definition) is 0. The van der Waals surface area contributed by atoms with Gasteiger partial charge in [-0.25, -0.2) is 0 Å². The van der Waals surface area contributed by atoms with Crippen molar-refractivity contribution in [2.24, 2.45) is 0 Å². The minimum absolute atomic E-state index is 0.157. The lowest BCUT2D eigenvalue weighted by Crippen LogP contribution is -2.20. The van der Waals surface area contributed by atoms with Crippen LogP contribution in [0.4, 0.5) is 0 Å². The Morgan fingerprint density at radius 3 is 1.93 bits per heavy atom. The Labute approximate surface area is 92.5 Å². The molecule has 0 aromatic heterocycles. The van der Waals surface area contributed by atoms with Crippen molar-refractivity contribution in [2.75, 3.05) is 0 Å². The Bertz CT molecular complexity index is 403. The van der Waals surface area contributed by atoms with Crippen LogP contribution in [0.5, 0.6) is 11.5 Å². The summed E-state index contributed by atoms with van der Waals surface area (Å²) in [5, 5.41) is 0. The second-order valence-electron chi connectivity index (χ2n) is 6.42. The molecule has 1 heteroatoms. The summed E-state index contributed by atoms with van der Waals surface area (Å²) in [6.45, 7) is 13.5. The molecule has 0 fully saturated rings. The third-order valence-corrected chi connectivity index (χ3v) is 2.85. The van der Waals surface area contributed by atoms with E-state index in [1.165, 1.54) is 11.1 Å². The van der Waals surface area contributed by atoms with Crippen LogP contribution in [0.2, 0.25) is 0 Å². The molecular weight excluding hydrogens is 184 g/mol. The molecule has 15 heavy (non-hydrogen) atoms. The molecule has 0 atom stereocenters.